The molecular formula is C22H25NO5S. The maximum atomic E-state index is 12.5. The number of hydrogen-bond acceptors (Lipinski definition) is 6. The molecular weight excluding hydrogens is 390 g/mol. The van der Waals surface area contributed by atoms with Gasteiger partial charge in [-0.1, -0.05) is 6.07 Å². The van der Waals surface area contributed by atoms with Crippen LogP contribution in [0, 0.1) is 27.7 Å². The van der Waals surface area contributed by atoms with Crippen LogP contribution >= 0.6 is 11.8 Å². The molecule has 0 spiro atoms. The topological polar surface area (TPSA) is 81.7 Å². The van der Waals surface area contributed by atoms with Crippen LogP contribution in [-0.2, 0) is 14.3 Å². The van der Waals surface area contributed by atoms with Crippen molar-refractivity contribution in [3.05, 3.63) is 57.6 Å². The SMILES string of the molecule is COC(=O)c1cc(NC(=O)CSc2c(C)c(C)cc(C)c2C)cc(C(=O)OC)c1. The maximum Gasteiger partial charge on any atom is 0.337 e. The fourth-order valence-electron chi connectivity index (χ4n) is 2.90. The summed E-state index contributed by atoms with van der Waals surface area (Å²) >= 11 is 1.46. The Labute approximate surface area is 175 Å². The molecule has 2 rings (SSSR count). The van der Waals surface area contributed by atoms with Gasteiger partial charge in [0.05, 0.1) is 31.1 Å². The quantitative estimate of drug-likeness (QED) is 0.562. The Morgan fingerprint density at radius 1 is 0.828 bits per heavy atom. The predicted octanol–water partition coefficient (Wildman–Crippen LogP) is 4.22. The van der Waals surface area contributed by atoms with Crippen LogP contribution in [0.1, 0.15) is 43.0 Å². The summed E-state index contributed by atoms with van der Waals surface area (Å²) in [6.45, 7) is 8.20. The smallest absolute Gasteiger partial charge is 0.337 e. The molecule has 1 N–H and O–H groups in total. The van der Waals surface area contributed by atoms with E-state index in [1.807, 2.05) is 13.8 Å². The fourth-order valence-corrected chi connectivity index (χ4v) is 4.01. The number of rotatable bonds is 6. The van der Waals surface area contributed by atoms with Gasteiger partial charge < -0.3 is 14.8 Å². The molecule has 6 nitrogen and oxygen atoms in total. The fraction of sp³-hybridized carbons (Fsp3) is 0.318. The van der Waals surface area contributed by atoms with Crippen molar-refractivity contribution in [2.75, 3.05) is 25.3 Å². The van der Waals surface area contributed by atoms with Crippen molar-refractivity contribution in [1.29, 1.82) is 0 Å². The van der Waals surface area contributed by atoms with Crippen molar-refractivity contribution in [3.63, 3.8) is 0 Å². The Morgan fingerprint density at radius 3 is 1.76 bits per heavy atom. The average Bonchev–Trinajstić information content (AvgIpc) is 2.70. The second kappa shape index (κ2) is 9.60. The average molecular weight is 416 g/mol. The lowest BCUT2D eigenvalue weighted by molar-refractivity contribution is -0.113. The Morgan fingerprint density at radius 2 is 1.31 bits per heavy atom. The van der Waals surface area contributed by atoms with Crippen molar-refractivity contribution in [3.8, 4) is 0 Å². The van der Waals surface area contributed by atoms with E-state index in [2.05, 4.69) is 25.2 Å². The number of thioether (sulfide) groups is 1. The third-order valence-electron chi connectivity index (χ3n) is 4.70. The molecule has 2 aromatic carbocycles. The maximum absolute atomic E-state index is 12.5. The Bertz CT molecular complexity index is 908. The van der Waals surface area contributed by atoms with E-state index in [-0.39, 0.29) is 22.8 Å². The predicted molar refractivity (Wildman–Crippen MR) is 114 cm³/mol. The van der Waals surface area contributed by atoms with Crippen LogP contribution in [0.25, 0.3) is 0 Å². The summed E-state index contributed by atoms with van der Waals surface area (Å²) in [4.78, 5) is 37.4. The minimum Gasteiger partial charge on any atom is -0.465 e. The monoisotopic (exact) mass is 415 g/mol. The number of amides is 1. The molecule has 0 bridgehead atoms. The summed E-state index contributed by atoms with van der Waals surface area (Å²) in [7, 11) is 2.49. The molecule has 154 valence electrons. The first-order valence-corrected chi connectivity index (χ1v) is 9.98. The van der Waals surface area contributed by atoms with Crippen LogP contribution in [0.4, 0.5) is 5.69 Å². The summed E-state index contributed by atoms with van der Waals surface area (Å²) in [5.41, 5.74) is 5.32. The molecule has 2 aromatic rings. The summed E-state index contributed by atoms with van der Waals surface area (Å²) in [6.07, 6.45) is 0. The standard InChI is InChI=1S/C22H25NO5S/c1-12-7-13(2)15(4)20(14(12)3)29-11-19(24)23-18-9-16(21(25)27-5)8-17(10-18)22(26)28-6/h7-10H,11H2,1-6H3,(H,23,24). The van der Waals surface area contributed by atoms with Crippen molar-refractivity contribution in [1.82, 2.24) is 0 Å². The number of esters is 2. The van der Waals surface area contributed by atoms with Gasteiger partial charge in [0.2, 0.25) is 5.91 Å². The van der Waals surface area contributed by atoms with E-state index in [1.165, 1.54) is 55.3 Å². The second-order valence-corrected chi connectivity index (χ2v) is 7.69. The Balaban J connectivity index is 2.21. The number of nitrogens with one attached hydrogen (secondary N) is 1. The zero-order chi connectivity index (χ0) is 21.7. The molecule has 0 aromatic heterocycles. The van der Waals surface area contributed by atoms with Crippen LogP contribution in [0.15, 0.2) is 29.2 Å². The first-order chi connectivity index (χ1) is 13.7. The molecule has 0 atom stereocenters. The highest BCUT2D eigenvalue weighted by Gasteiger charge is 2.16. The summed E-state index contributed by atoms with van der Waals surface area (Å²) in [5.74, 6) is -1.27. The zero-order valence-corrected chi connectivity index (χ0v) is 18.3. The van der Waals surface area contributed by atoms with E-state index in [4.69, 9.17) is 9.47 Å². The first-order valence-electron chi connectivity index (χ1n) is 8.99. The minimum atomic E-state index is -0.609. The molecule has 0 saturated carbocycles. The Hall–Kier alpha value is -2.80. The number of hydrogen-bond donors (Lipinski definition) is 1. The van der Waals surface area contributed by atoms with Gasteiger partial charge in [-0.3, -0.25) is 4.79 Å². The molecule has 0 fully saturated rings. The minimum absolute atomic E-state index is 0.152. The van der Waals surface area contributed by atoms with Gasteiger partial charge in [0.15, 0.2) is 0 Å². The van der Waals surface area contributed by atoms with E-state index in [1.54, 1.807) is 0 Å². The summed E-state index contributed by atoms with van der Waals surface area (Å²) < 4.78 is 9.42. The van der Waals surface area contributed by atoms with Gasteiger partial charge in [0.1, 0.15) is 0 Å². The zero-order valence-electron chi connectivity index (χ0n) is 17.5. The van der Waals surface area contributed by atoms with Gasteiger partial charge in [-0.05, 0) is 68.1 Å². The molecule has 0 aliphatic carbocycles. The van der Waals surface area contributed by atoms with E-state index >= 15 is 0 Å². The molecule has 7 heteroatoms. The molecule has 0 aliphatic rings. The number of carbonyl (C=O) groups is 3. The Kier molecular flexibility index (Phi) is 7.45. The number of benzene rings is 2. The molecule has 0 radical (unpaired) electrons. The van der Waals surface area contributed by atoms with Crippen molar-refractivity contribution >= 4 is 35.3 Å². The van der Waals surface area contributed by atoms with E-state index in [0.717, 1.165) is 16.0 Å². The third-order valence-corrected chi connectivity index (χ3v) is 6.01. The molecule has 0 aliphatic heterocycles. The lowest BCUT2D eigenvalue weighted by atomic mass is 10.0. The van der Waals surface area contributed by atoms with Crippen molar-refractivity contribution < 1.29 is 23.9 Å². The van der Waals surface area contributed by atoms with Crippen LogP contribution in [0.3, 0.4) is 0 Å². The van der Waals surface area contributed by atoms with Gasteiger partial charge in [-0.15, -0.1) is 11.8 Å². The van der Waals surface area contributed by atoms with Gasteiger partial charge in [-0.25, -0.2) is 9.59 Å². The highest BCUT2D eigenvalue weighted by atomic mass is 32.2. The summed E-state index contributed by atoms with van der Waals surface area (Å²) in [6, 6.07) is 6.44. The second-order valence-electron chi connectivity index (χ2n) is 6.71. The van der Waals surface area contributed by atoms with Crippen LogP contribution in [0.2, 0.25) is 0 Å². The molecule has 0 heterocycles. The highest BCUT2D eigenvalue weighted by Crippen LogP contribution is 2.31. The lowest BCUT2D eigenvalue weighted by Gasteiger charge is -2.15. The van der Waals surface area contributed by atoms with Crippen molar-refractivity contribution in [2.24, 2.45) is 0 Å². The van der Waals surface area contributed by atoms with Gasteiger partial charge in [-0.2, -0.15) is 0 Å². The number of ether oxygens (including phenoxy) is 2. The van der Waals surface area contributed by atoms with E-state index in [0.29, 0.717) is 5.69 Å². The van der Waals surface area contributed by atoms with E-state index in [9.17, 15) is 14.4 Å². The van der Waals surface area contributed by atoms with Gasteiger partial charge in [0, 0.05) is 10.6 Å². The molecule has 1 amide bonds. The third kappa shape index (κ3) is 5.38. The lowest BCUT2D eigenvalue weighted by Crippen LogP contribution is -2.16. The van der Waals surface area contributed by atoms with Crippen LogP contribution < -0.4 is 5.32 Å². The van der Waals surface area contributed by atoms with E-state index < -0.39 is 11.9 Å². The van der Waals surface area contributed by atoms with Gasteiger partial charge in [0.25, 0.3) is 0 Å². The highest BCUT2D eigenvalue weighted by molar-refractivity contribution is 8.00. The number of anilines is 1. The molecule has 0 unspecified atom stereocenters. The van der Waals surface area contributed by atoms with Crippen molar-refractivity contribution in [2.45, 2.75) is 32.6 Å². The first kappa shape index (κ1) is 22.5. The number of methoxy groups -OCH3 is 2. The molecule has 29 heavy (non-hydrogen) atoms. The normalized spacial score (nSPS) is 10.4. The number of aryl methyl sites for hydroxylation is 2. The number of carbonyl (C=O) groups excluding carboxylic acids is 3. The largest absolute Gasteiger partial charge is 0.465 e. The summed E-state index contributed by atoms with van der Waals surface area (Å²) in [5, 5.41) is 2.74. The van der Waals surface area contributed by atoms with Gasteiger partial charge >= 0.3 is 11.9 Å². The van der Waals surface area contributed by atoms with Crippen LogP contribution in [-0.4, -0.2) is 37.8 Å². The van der Waals surface area contributed by atoms with Crippen LogP contribution in [0.5, 0.6) is 0 Å². The molecule has 0 saturated heterocycles.